The SMILES string of the molecule is CCOc1cc(CNC2CCCCC2)ccc1OCC(=O)N1CCCCC1. The Hall–Kier alpha value is -1.75. The van der Waals surface area contributed by atoms with E-state index in [4.69, 9.17) is 9.47 Å². The average molecular weight is 375 g/mol. The maximum atomic E-state index is 12.3. The molecule has 3 rings (SSSR count). The molecule has 27 heavy (non-hydrogen) atoms. The van der Waals surface area contributed by atoms with Gasteiger partial charge >= 0.3 is 0 Å². The summed E-state index contributed by atoms with van der Waals surface area (Å²) in [5.74, 6) is 1.45. The molecule has 1 saturated carbocycles. The van der Waals surface area contributed by atoms with Crippen molar-refractivity contribution in [1.29, 1.82) is 0 Å². The van der Waals surface area contributed by atoms with E-state index in [1.165, 1.54) is 44.1 Å². The summed E-state index contributed by atoms with van der Waals surface area (Å²) in [6.07, 6.45) is 10.00. The van der Waals surface area contributed by atoms with Crippen LogP contribution >= 0.6 is 0 Å². The fourth-order valence-corrected chi connectivity index (χ4v) is 3.99. The van der Waals surface area contributed by atoms with E-state index < -0.39 is 0 Å². The van der Waals surface area contributed by atoms with Crippen molar-refractivity contribution < 1.29 is 14.3 Å². The van der Waals surface area contributed by atoms with Crippen molar-refractivity contribution in [2.24, 2.45) is 0 Å². The highest BCUT2D eigenvalue weighted by Gasteiger charge is 2.18. The van der Waals surface area contributed by atoms with Crippen molar-refractivity contribution in [3.8, 4) is 11.5 Å². The Kier molecular flexibility index (Phi) is 7.81. The van der Waals surface area contributed by atoms with Crippen LogP contribution in [0.3, 0.4) is 0 Å². The molecule has 2 fully saturated rings. The molecule has 1 aliphatic carbocycles. The first kappa shape index (κ1) is 20.0. The topological polar surface area (TPSA) is 50.8 Å². The molecule has 1 heterocycles. The van der Waals surface area contributed by atoms with Crippen molar-refractivity contribution in [3.05, 3.63) is 23.8 Å². The lowest BCUT2D eigenvalue weighted by Gasteiger charge is -2.26. The number of nitrogens with zero attached hydrogens (tertiary/aromatic N) is 1. The van der Waals surface area contributed by atoms with E-state index in [-0.39, 0.29) is 12.5 Å². The van der Waals surface area contributed by atoms with Gasteiger partial charge in [0.25, 0.3) is 5.91 Å². The summed E-state index contributed by atoms with van der Waals surface area (Å²) in [4.78, 5) is 14.2. The van der Waals surface area contributed by atoms with Crippen LogP contribution in [-0.2, 0) is 11.3 Å². The minimum absolute atomic E-state index is 0.0696. The summed E-state index contributed by atoms with van der Waals surface area (Å²) >= 11 is 0. The third-order valence-electron chi connectivity index (χ3n) is 5.57. The number of rotatable bonds is 8. The molecule has 1 saturated heterocycles. The van der Waals surface area contributed by atoms with Crippen LogP contribution in [0.5, 0.6) is 11.5 Å². The van der Waals surface area contributed by atoms with Crippen LogP contribution in [-0.4, -0.2) is 43.2 Å². The largest absolute Gasteiger partial charge is 0.490 e. The Balaban J connectivity index is 1.54. The lowest BCUT2D eigenvalue weighted by atomic mass is 9.95. The van der Waals surface area contributed by atoms with Crippen LogP contribution in [0.1, 0.15) is 63.9 Å². The third-order valence-corrected chi connectivity index (χ3v) is 5.57. The third kappa shape index (κ3) is 6.13. The lowest BCUT2D eigenvalue weighted by molar-refractivity contribution is -0.134. The van der Waals surface area contributed by atoms with E-state index in [0.29, 0.717) is 18.4 Å². The Morgan fingerprint density at radius 1 is 1.04 bits per heavy atom. The smallest absolute Gasteiger partial charge is 0.260 e. The number of amides is 1. The highest BCUT2D eigenvalue weighted by atomic mass is 16.5. The summed E-state index contributed by atoms with van der Waals surface area (Å²) < 4.78 is 11.6. The van der Waals surface area contributed by atoms with Crippen LogP contribution in [0.2, 0.25) is 0 Å². The molecule has 2 aliphatic rings. The number of likely N-dealkylation sites (tertiary alicyclic amines) is 1. The number of hydrogen-bond donors (Lipinski definition) is 1. The molecule has 0 unspecified atom stereocenters. The second-order valence-corrected chi connectivity index (χ2v) is 7.66. The molecule has 0 aromatic heterocycles. The molecule has 1 aromatic rings. The van der Waals surface area contributed by atoms with Gasteiger partial charge in [0.2, 0.25) is 0 Å². The van der Waals surface area contributed by atoms with E-state index in [1.54, 1.807) is 0 Å². The number of ether oxygens (including phenoxy) is 2. The first-order valence-corrected chi connectivity index (χ1v) is 10.7. The van der Waals surface area contributed by atoms with Crippen LogP contribution in [0.15, 0.2) is 18.2 Å². The van der Waals surface area contributed by atoms with Gasteiger partial charge < -0.3 is 19.7 Å². The summed E-state index contributed by atoms with van der Waals surface area (Å²) in [6.45, 7) is 5.18. The predicted octanol–water partition coefficient (Wildman–Crippen LogP) is 3.90. The zero-order valence-electron chi connectivity index (χ0n) is 16.7. The van der Waals surface area contributed by atoms with Gasteiger partial charge in [0.1, 0.15) is 0 Å². The second kappa shape index (κ2) is 10.5. The highest BCUT2D eigenvalue weighted by Crippen LogP contribution is 2.29. The Morgan fingerprint density at radius 2 is 1.78 bits per heavy atom. The number of piperidine rings is 1. The summed E-state index contributed by atoms with van der Waals surface area (Å²) in [5.41, 5.74) is 1.19. The zero-order chi connectivity index (χ0) is 18.9. The van der Waals surface area contributed by atoms with Gasteiger partial charge in [0.15, 0.2) is 18.1 Å². The van der Waals surface area contributed by atoms with Gasteiger partial charge in [-0.05, 0) is 56.7 Å². The van der Waals surface area contributed by atoms with Crippen molar-refractivity contribution in [3.63, 3.8) is 0 Å². The van der Waals surface area contributed by atoms with Gasteiger partial charge in [-0.1, -0.05) is 25.3 Å². The standard InChI is InChI=1S/C22H34N2O3/c1-2-26-21-15-18(16-23-19-9-5-3-6-10-19)11-12-20(21)27-17-22(25)24-13-7-4-8-14-24/h11-12,15,19,23H,2-10,13-14,16-17H2,1H3. The minimum atomic E-state index is 0.0696. The monoisotopic (exact) mass is 374 g/mol. The number of carbonyl (C=O) groups excluding carboxylic acids is 1. The summed E-state index contributed by atoms with van der Waals surface area (Å²) in [5, 5.41) is 3.66. The van der Waals surface area contributed by atoms with Crippen molar-refractivity contribution in [2.45, 2.75) is 70.9 Å². The normalized spacial score (nSPS) is 18.3. The molecule has 5 nitrogen and oxygen atoms in total. The fourth-order valence-electron chi connectivity index (χ4n) is 3.99. The van der Waals surface area contributed by atoms with E-state index in [9.17, 15) is 4.79 Å². The number of nitrogens with one attached hydrogen (secondary N) is 1. The minimum Gasteiger partial charge on any atom is -0.490 e. The predicted molar refractivity (Wildman–Crippen MR) is 107 cm³/mol. The van der Waals surface area contributed by atoms with Gasteiger partial charge in [-0.15, -0.1) is 0 Å². The lowest BCUT2D eigenvalue weighted by Crippen LogP contribution is -2.38. The number of benzene rings is 1. The molecule has 1 amide bonds. The van der Waals surface area contributed by atoms with Gasteiger partial charge in [-0.2, -0.15) is 0 Å². The van der Waals surface area contributed by atoms with Crippen LogP contribution in [0.25, 0.3) is 0 Å². The van der Waals surface area contributed by atoms with Crippen LogP contribution in [0, 0.1) is 0 Å². The molecule has 1 aliphatic heterocycles. The fraction of sp³-hybridized carbons (Fsp3) is 0.682. The molecule has 0 radical (unpaired) electrons. The Labute approximate surface area is 163 Å². The zero-order valence-corrected chi connectivity index (χ0v) is 16.7. The van der Waals surface area contributed by atoms with Gasteiger partial charge in [-0.3, -0.25) is 4.79 Å². The van der Waals surface area contributed by atoms with Gasteiger partial charge in [0.05, 0.1) is 6.61 Å². The highest BCUT2D eigenvalue weighted by molar-refractivity contribution is 5.78. The maximum absolute atomic E-state index is 12.3. The van der Waals surface area contributed by atoms with Crippen molar-refractivity contribution >= 4 is 5.91 Å². The van der Waals surface area contributed by atoms with E-state index in [1.807, 2.05) is 24.0 Å². The quantitative estimate of drug-likeness (QED) is 0.750. The molecular formula is C22H34N2O3. The molecule has 5 heteroatoms. The summed E-state index contributed by atoms with van der Waals surface area (Å²) in [6, 6.07) is 6.68. The van der Waals surface area contributed by atoms with E-state index in [0.717, 1.165) is 38.2 Å². The van der Waals surface area contributed by atoms with E-state index >= 15 is 0 Å². The Bertz CT molecular complexity index is 593. The van der Waals surface area contributed by atoms with E-state index in [2.05, 4.69) is 11.4 Å². The molecule has 1 aromatic carbocycles. The van der Waals surface area contributed by atoms with Crippen LogP contribution in [0.4, 0.5) is 0 Å². The maximum Gasteiger partial charge on any atom is 0.260 e. The first-order valence-electron chi connectivity index (χ1n) is 10.7. The molecule has 0 atom stereocenters. The molecule has 150 valence electrons. The number of hydrogen-bond acceptors (Lipinski definition) is 4. The second-order valence-electron chi connectivity index (χ2n) is 7.66. The van der Waals surface area contributed by atoms with Crippen molar-refractivity contribution in [2.75, 3.05) is 26.3 Å². The molecule has 0 spiro atoms. The Morgan fingerprint density at radius 3 is 2.52 bits per heavy atom. The average Bonchev–Trinajstić information content (AvgIpc) is 2.73. The van der Waals surface area contributed by atoms with Gasteiger partial charge in [0, 0.05) is 25.7 Å². The molecule has 0 bridgehead atoms. The first-order chi connectivity index (χ1) is 13.3. The van der Waals surface area contributed by atoms with Crippen molar-refractivity contribution in [1.82, 2.24) is 10.2 Å². The molecular weight excluding hydrogens is 340 g/mol. The summed E-state index contributed by atoms with van der Waals surface area (Å²) in [7, 11) is 0. The molecule has 1 N–H and O–H groups in total. The van der Waals surface area contributed by atoms with Crippen LogP contribution < -0.4 is 14.8 Å². The number of carbonyl (C=O) groups is 1. The van der Waals surface area contributed by atoms with Gasteiger partial charge in [-0.25, -0.2) is 0 Å².